The molecule has 0 unspecified atom stereocenters. The molecule has 3 rings (SSSR count). The number of fused-ring (bicyclic) bond motifs is 1. The van der Waals surface area contributed by atoms with Crippen LogP contribution in [-0.2, 0) is 0 Å². The van der Waals surface area contributed by atoms with E-state index in [1.165, 1.54) is 11.1 Å². The molecular weight excluding hydrogens is 202 g/mol. The monoisotopic (exact) mass is 213 g/mol. The minimum Gasteiger partial charge on any atom is -0.323 e. The molecule has 0 aliphatic rings. The zero-order valence-corrected chi connectivity index (χ0v) is 9.14. The van der Waals surface area contributed by atoms with Gasteiger partial charge in [-0.1, -0.05) is 11.2 Å². The van der Waals surface area contributed by atoms with Gasteiger partial charge in [-0.05, 0) is 36.7 Å². The fraction of sp³-hybridized carbons (Fsp3) is 0.167. The van der Waals surface area contributed by atoms with Gasteiger partial charge in [-0.15, -0.1) is 0 Å². The van der Waals surface area contributed by atoms with Gasteiger partial charge in [-0.3, -0.25) is 0 Å². The summed E-state index contributed by atoms with van der Waals surface area (Å²) in [4.78, 5) is 0. The van der Waals surface area contributed by atoms with Crippen molar-refractivity contribution in [2.45, 2.75) is 13.8 Å². The molecule has 3 aromatic heterocycles. The third-order valence-corrected chi connectivity index (χ3v) is 2.77. The van der Waals surface area contributed by atoms with E-state index in [2.05, 4.69) is 33.8 Å². The molecule has 0 aliphatic carbocycles. The van der Waals surface area contributed by atoms with E-state index in [-0.39, 0.29) is 0 Å². The summed E-state index contributed by atoms with van der Waals surface area (Å²) in [6.07, 6.45) is 4.06. The number of hydrogen-bond donors (Lipinski definition) is 0. The fourth-order valence-electron chi connectivity index (χ4n) is 1.91. The fourth-order valence-corrected chi connectivity index (χ4v) is 1.91. The highest BCUT2D eigenvalue weighted by molar-refractivity contribution is 5.70. The Labute approximate surface area is 92.5 Å². The quantitative estimate of drug-likeness (QED) is 0.624. The van der Waals surface area contributed by atoms with Crippen molar-refractivity contribution in [2.75, 3.05) is 0 Å². The zero-order chi connectivity index (χ0) is 11.1. The predicted octanol–water partition coefficient (Wildman–Crippen LogP) is 2.61. The predicted molar refractivity (Wildman–Crippen MR) is 60.2 cm³/mol. The van der Waals surface area contributed by atoms with Crippen molar-refractivity contribution in [2.24, 2.45) is 0 Å². The van der Waals surface area contributed by atoms with Gasteiger partial charge >= 0.3 is 0 Å². The lowest BCUT2D eigenvalue weighted by Gasteiger charge is -1.95. The maximum Gasteiger partial charge on any atom is 0.139 e. The number of pyridine rings is 1. The second-order valence-corrected chi connectivity index (χ2v) is 3.91. The molecule has 3 heterocycles. The van der Waals surface area contributed by atoms with Crippen molar-refractivity contribution >= 4 is 5.52 Å². The Morgan fingerprint density at radius 2 is 2.12 bits per heavy atom. The lowest BCUT2D eigenvalue weighted by Crippen LogP contribution is -1.82. The Kier molecular flexibility index (Phi) is 1.83. The molecule has 0 spiro atoms. The first-order valence-electron chi connectivity index (χ1n) is 5.12. The minimum atomic E-state index is 0.808. The molecule has 0 saturated heterocycles. The molecule has 0 aromatic carbocycles. The van der Waals surface area contributed by atoms with Crippen molar-refractivity contribution in [1.82, 2.24) is 14.7 Å². The van der Waals surface area contributed by atoms with Crippen molar-refractivity contribution in [3.8, 4) is 11.3 Å². The summed E-state index contributed by atoms with van der Waals surface area (Å²) in [5.41, 5.74) is 5.08. The molecule has 0 atom stereocenters. The van der Waals surface area contributed by atoms with Gasteiger partial charge in [0.15, 0.2) is 0 Å². The second-order valence-electron chi connectivity index (χ2n) is 3.91. The number of nitrogens with zero attached hydrogens (tertiary/aromatic N) is 3. The summed E-state index contributed by atoms with van der Waals surface area (Å²) in [6, 6.07) is 6.22. The van der Waals surface area contributed by atoms with E-state index >= 15 is 0 Å². The second kappa shape index (κ2) is 3.20. The average Bonchev–Trinajstić information content (AvgIpc) is 2.84. The van der Waals surface area contributed by atoms with Gasteiger partial charge in [0.05, 0.1) is 0 Å². The highest BCUT2D eigenvalue weighted by atomic mass is 16.6. The van der Waals surface area contributed by atoms with E-state index in [1.54, 1.807) is 0 Å². The topological polar surface area (TPSA) is 43.3 Å². The van der Waals surface area contributed by atoms with Crippen molar-refractivity contribution in [3.63, 3.8) is 0 Å². The summed E-state index contributed by atoms with van der Waals surface area (Å²) in [6.45, 7) is 3.98. The Balaban J connectivity index is 2.27. The van der Waals surface area contributed by atoms with E-state index in [0.717, 1.165) is 17.0 Å². The Bertz CT molecular complexity index is 651. The maximum atomic E-state index is 4.72. The van der Waals surface area contributed by atoms with Crippen LogP contribution in [0.1, 0.15) is 11.3 Å². The lowest BCUT2D eigenvalue weighted by atomic mass is 10.2. The van der Waals surface area contributed by atoms with E-state index in [0.29, 0.717) is 0 Å². The molecule has 16 heavy (non-hydrogen) atoms. The van der Waals surface area contributed by atoms with Crippen molar-refractivity contribution in [3.05, 3.63) is 41.9 Å². The van der Waals surface area contributed by atoms with E-state index in [4.69, 9.17) is 4.63 Å². The summed E-state index contributed by atoms with van der Waals surface area (Å²) >= 11 is 0. The van der Waals surface area contributed by atoms with Gasteiger partial charge in [0.25, 0.3) is 0 Å². The molecule has 0 bridgehead atoms. The van der Waals surface area contributed by atoms with Crippen LogP contribution in [0, 0.1) is 13.8 Å². The van der Waals surface area contributed by atoms with Crippen LogP contribution in [0.5, 0.6) is 0 Å². The van der Waals surface area contributed by atoms with Crippen molar-refractivity contribution in [1.29, 1.82) is 0 Å². The zero-order valence-electron chi connectivity index (χ0n) is 9.14. The molecule has 0 amide bonds. The Morgan fingerprint density at radius 1 is 1.25 bits per heavy atom. The summed E-state index contributed by atoms with van der Waals surface area (Å²) in [5, 5.41) is 7.70. The van der Waals surface area contributed by atoms with Crippen LogP contribution in [0.25, 0.3) is 16.8 Å². The van der Waals surface area contributed by atoms with Gasteiger partial charge in [0.1, 0.15) is 11.4 Å². The summed E-state index contributed by atoms with van der Waals surface area (Å²) < 4.78 is 6.80. The van der Waals surface area contributed by atoms with Gasteiger partial charge in [0.2, 0.25) is 0 Å². The normalized spacial score (nSPS) is 11.1. The van der Waals surface area contributed by atoms with Crippen molar-refractivity contribution < 1.29 is 4.63 Å². The smallest absolute Gasteiger partial charge is 0.139 e. The lowest BCUT2D eigenvalue weighted by molar-refractivity contribution is 0.306. The summed E-state index contributed by atoms with van der Waals surface area (Å²) in [5.74, 6) is 0. The first kappa shape index (κ1) is 9.15. The first-order valence-corrected chi connectivity index (χ1v) is 5.12. The molecule has 80 valence electrons. The van der Waals surface area contributed by atoms with Gasteiger partial charge in [-0.25, -0.2) is 4.63 Å². The van der Waals surface area contributed by atoms with Crippen LogP contribution >= 0.6 is 0 Å². The van der Waals surface area contributed by atoms with E-state index < -0.39 is 0 Å². The third-order valence-electron chi connectivity index (χ3n) is 2.77. The standard InChI is InChI=1S/C12H11N3O/c1-8-4-3-5-15-7-10(6-11(8)15)12-9(2)13-16-14-12/h3-7H,1-2H3. The number of aromatic nitrogens is 3. The van der Waals surface area contributed by atoms with Gasteiger partial charge in [-0.2, -0.15) is 0 Å². The Hall–Kier alpha value is -2.10. The number of hydrogen-bond acceptors (Lipinski definition) is 3. The minimum absolute atomic E-state index is 0.808. The molecule has 0 fully saturated rings. The molecule has 0 saturated carbocycles. The third kappa shape index (κ3) is 1.23. The largest absolute Gasteiger partial charge is 0.323 e. The molecule has 0 radical (unpaired) electrons. The van der Waals surface area contributed by atoms with Crippen LogP contribution in [0.3, 0.4) is 0 Å². The summed E-state index contributed by atoms with van der Waals surface area (Å²) in [7, 11) is 0. The molecule has 0 N–H and O–H groups in total. The molecular formula is C12H11N3O. The van der Waals surface area contributed by atoms with Crippen LogP contribution < -0.4 is 0 Å². The molecule has 0 aliphatic heterocycles. The van der Waals surface area contributed by atoms with Gasteiger partial charge in [0, 0.05) is 23.5 Å². The SMILES string of the molecule is Cc1nonc1-c1cc2c(C)cccn2c1. The van der Waals surface area contributed by atoms with E-state index in [9.17, 15) is 0 Å². The Morgan fingerprint density at radius 3 is 2.81 bits per heavy atom. The number of aryl methyl sites for hydroxylation is 2. The first-order chi connectivity index (χ1) is 7.75. The van der Waals surface area contributed by atoms with Gasteiger partial charge < -0.3 is 4.40 Å². The van der Waals surface area contributed by atoms with Crippen LogP contribution in [0.4, 0.5) is 0 Å². The maximum absolute atomic E-state index is 4.72. The molecule has 3 aromatic rings. The van der Waals surface area contributed by atoms with E-state index in [1.807, 2.05) is 25.4 Å². The molecule has 4 heteroatoms. The highest BCUT2D eigenvalue weighted by Gasteiger charge is 2.10. The van der Waals surface area contributed by atoms with Crippen LogP contribution in [0.15, 0.2) is 35.2 Å². The molecule has 4 nitrogen and oxygen atoms in total. The van der Waals surface area contributed by atoms with Crippen LogP contribution in [-0.4, -0.2) is 14.7 Å². The van der Waals surface area contributed by atoms with Crippen LogP contribution in [0.2, 0.25) is 0 Å². The highest BCUT2D eigenvalue weighted by Crippen LogP contribution is 2.24. The number of rotatable bonds is 1. The average molecular weight is 213 g/mol.